The number of nitrogens with zero attached hydrogens (tertiary/aromatic N) is 1. The van der Waals surface area contributed by atoms with Crippen LogP contribution in [0.5, 0.6) is 0 Å². The highest BCUT2D eigenvalue weighted by molar-refractivity contribution is 6.28. The van der Waals surface area contributed by atoms with E-state index in [1.54, 1.807) is 7.05 Å². The van der Waals surface area contributed by atoms with Gasteiger partial charge in [0.05, 0.1) is 6.10 Å². The van der Waals surface area contributed by atoms with Crippen LogP contribution < -0.4 is 5.32 Å². The van der Waals surface area contributed by atoms with E-state index in [1.807, 2.05) is 0 Å². The zero-order valence-electron chi connectivity index (χ0n) is 9.37. The Morgan fingerprint density at radius 1 is 1.50 bits per heavy atom. The van der Waals surface area contributed by atoms with Crippen LogP contribution in [0.3, 0.4) is 0 Å². The predicted molar refractivity (Wildman–Crippen MR) is 60.5 cm³/mol. The number of carbonyl (C=O) groups excluding carboxylic acids is 2. The van der Waals surface area contributed by atoms with Gasteiger partial charge in [0.25, 0.3) is 0 Å². The van der Waals surface area contributed by atoms with Gasteiger partial charge in [0.2, 0.25) is 5.91 Å². The van der Waals surface area contributed by atoms with E-state index in [4.69, 9.17) is 16.3 Å². The van der Waals surface area contributed by atoms with Crippen LogP contribution in [-0.4, -0.2) is 49.0 Å². The number of amides is 3. The molecular weight excluding hydrogens is 232 g/mol. The SMILES string of the molecule is CN(CC1CCCCO1)C(=O)NC(=O)CCl. The second kappa shape index (κ2) is 6.70. The van der Waals surface area contributed by atoms with Crippen molar-refractivity contribution in [2.45, 2.75) is 25.4 Å². The van der Waals surface area contributed by atoms with Crippen LogP contribution in [-0.2, 0) is 9.53 Å². The molecule has 1 aliphatic rings. The van der Waals surface area contributed by atoms with E-state index >= 15 is 0 Å². The maximum absolute atomic E-state index is 11.5. The van der Waals surface area contributed by atoms with Crippen LogP contribution in [0.25, 0.3) is 0 Å². The molecule has 1 fully saturated rings. The molecule has 92 valence electrons. The zero-order chi connectivity index (χ0) is 12.0. The van der Waals surface area contributed by atoms with Crippen molar-refractivity contribution in [2.75, 3.05) is 26.1 Å². The van der Waals surface area contributed by atoms with Gasteiger partial charge in [-0.1, -0.05) is 0 Å². The molecule has 0 aromatic carbocycles. The maximum atomic E-state index is 11.5. The Hall–Kier alpha value is -0.810. The summed E-state index contributed by atoms with van der Waals surface area (Å²) in [6.07, 6.45) is 3.24. The first-order valence-corrected chi connectivity index (χ1v) is 5.89. The molecule has 0 spiro atoms. The zero-order valence-corrected chi connectivity index (χ0v) is 10.1. The van der Waals surface area contributed by atoms with Crippen molar-refractivity contribution in [3.05, 3.63) is 0 Å². The fourth-order valence-corrected chi connectivity index (χ4v) is 1.65. The lowest BCUT2D eigenvalue weighted by atomic mass is 10.1. The van der Waals surface area contributed by atoms with Crippen molar-refractivity contribution < 1.29 is 14.3 Å². The number of rotatable bonds is 3. The lowest BCUT2D eigenvalue weighted by Crippen LogP contribution is -2.45. The monoisotopic (exact) mass is 248 g/mol. The first-order valence-electron chi connectivity index (χ1n) is 5.36. The molecule has 3 amide bonds. The molecule has 5 nitrogen and oxygen atoms in total. The van der Waals surface area contributed by atoms with Crippen molar-refractivity contribution in [1.82, 2.24) is 10.2 Å². The highest BCUT2D eigenvalue weighted by Gasteiger charge is 2.19. The third kappa shape index (κ3) is 4.37. The normalized spacial score (nSPS) is 20.2. The molecule has 0 saturated carbocycles. The average Bonchev–Trinajstić information content (AvgIpc) is 2.30. The summed E-state index contributed by atoms with van der Waals surface area (Å²) in [5.74, 6) is -0.692. The van der Waals surface area contributed by atoms with Gasteiger partial charge in [0, 0.05) is 20.2 Å². The predicted octanol–water partition coefficient (Wildman–Crippen LogP) is 0.962. The summed E-state index contributed by atoms with van der Waals surface area (Å²) >= 11 is 5.29. The number of nitrogens with one attached hydrogen (secondary N) is 1. The number of likely N-dealkylation sites (N-methyl/N-ethyl adjacent to an activating group) is 1. The summed E-state index contributed by atoms with van der Waals surface area (Å²) < 4.78 is 5.50. The number of hydrogen-bond acceptors (Lipinski definition) is 3. The number of ether oxygens (including phenoxy) is 1. The molecule has 1 aliphatic heterocycles. The largest absolute Gasteiger partial charge is 0.376 e. The number of imide groups is 1. The fraction of sp³-hybridized carbons (Fsp3) is 0.800. The Morgan fingerprint density at radius 2 is 2.25 bits per heavy atom. The molecule has 1 saturated heterocycles. The lowest BCUT2D eigenvalue weighted by Gasteiger charge is -2.27. The van der Waals surface area contributed by atoms with Gasteiger partial charge in [-0.2, -0.15) is 0 Å². The Bertz CT molecular complexity index is 254. The van der Waals surface area contributed by atoms with Crippen molar-refractivity contribution in [3.63, 3.8) is 0 Å². The summed E-state index contributed by atoms with van der Waals surface area (Å²) in [5, 5.41) is 2.18. The summed E-state index contributed by atoms with van der Waals surface area (Å²) in [6.45, 7) is 1.25. The van der Waals surface area contributed by atoms with Gasteiger partial charge in [-0.05, 0) is 19.3 Å². The molecule has 1 unspecified atom stereocenters. The minimum absolute atomic E-state index is 0.0793. The number of urea groups is 1. The smallest absolute Gasteiger partial charge is 0.323 e. The number of hydrogen-bond donors (Lipinski definition) is 1. The van der Waals surface area contributed by atoms with E-state index in [9.17, 15) is 9.59 Å². The quantitative estimate of drug-likeness (QED) is 0.757. The standard InChI is InChI=1S/C10H17ClN2O3/c1-13(10(15)12-9(14)6-11)7-8-4-2-3-5-16-8/h8H,2-7H2,1H3,(H,12,14,15). The Balaban J connectivity index is 2.29. The van der Waals surface area contributed by atoms with Crippen molar-refractivity contribution in [2.24, 2.45) is 0 Å². The summed E-state index contributed by atoms with van der Waals surface area (Å²) in [6, 6.07) is -0.431. The van der Waals surface area contributed by atoms with Crippen LogP contribution in [0, 0.1) is 0 Å². The van der Waals surface area contributed by atoms with Gasteiger partial charge < -0.3 is 9.64 Å². The van der Waals surface area contributed by atoms with Crippen molar-refractivity contribution in [3.8, 4) is 0 Å². The summed E-state index contributed by atoms with van der Waals surface area (Å²) in [4.78, 5) is 23.8. The topological polar surface area (TPSA) is 58.6 Å². The van der Waals surface area contributed by atoms with Gasteiger partial charge in [-0.15, -0.1) is 11.6 Å². The van der Waals surface area contributed by atoms with E-state index in [2.05, 4.69) is 5.32 Å². The van der Waals surface area contributed by atoms with Gasteiger partial charge >= 0.3 is 6.03 Å². The third-order valence-electron chi connectivity index (χ3n) is 2.47. The Labute approximate surface area is 100 Å². The van der Waals surface area contributed by atoms with E-state index in [-0.39, 0.29) is 12.0 Å². The van der Waals surface area contributed by atoms with Gasteiger partial charge in [-0.3, -0.25) is 10.1 Å². The number of halogens is 1. The molecule has 0 bridgehead atoms. The molecule has 0 aromatic rings. The van der Waals surface area contributed by atoms with E-state index in [1.165, 1.54) is 4.90 Å². The molecule has 1 atom stereocenters. The van der Waals surface area contributed by atoms with Gasteiger partial charge in [-0.25, -0.2) is 4.79 Å². The number of alkyl halides is 1. The fourth-order valence-electron chi connectivity index (χ4n) is 1.59. The van der Waals surface area contributed by atoms with Crippen molar-refractivity contribution >= 4 is 23.5 Å². The summed E-state index contributed by atoms with van der Waals surface area (Å²) in [7, 11) is 1.63. The van der Waals surface area contributed by atoms with Gasteiger partial charge in [0.15, 0.2) is 0 Å². The molecule has 1 heterocycles. The number of carbonyl (C=O) groups is 2. The molecule has 0 aliphatic carbocycles. The molecule has 1 N–H and O–H groups in total. The molecule has 6 heteroatoms. The van der Waals surface area contributed by atoms with E-state index < -0.39 is 11.9 Å². The lowest BCUT2D eigenvalue weighted by molar-refractivity contribution is -0.117. The maximum Gasteiger partial charge on any atom is 0.323 e. The minimum atomic E-state index is -0.483. The highest BCUT2D eigenvalue weighted by Crippen LogP contribution is 2.13. The van der Waals surface area contributed by atoms with E-state index in [0.717, 1.165) is 25.9 Å². The molecule has 0 radical (unpaired) electrons. The van der Waals surface area contributed by atoms with Crippen LogP contribution >= 0.6 is 11.6 Å². The first-order chi connectivity index (χ1) is 7.63. The van der Waals surface area contributed by atoms with Crippen LogP contribution in [0.4, 0.5) is 4.79 Å². The minimum Gasteiger partial charge on any atom is -0.376 e. The Morgan fingerprint density at radius 3 is 2.81 bits per heavy atom. The third-order valence-corrected chi connectivity index (χ3v) is 2.71. The summed E-state index contributed by atoms with van der Waals surface area (Å²) in [5.41, 5.74) is 0. The van der Waals surface area contributed by atoms with Crippen LogP contribution in [0.2, 0.25) is 0 Å². The first kappa shape index (κ1) is 13.3. The molecule has 16 heavy (non-hydrogen) atoms. The van der Waals surface area contributed by atoms with Crippen LogP contribution in [0.1, 0.15) is 19.3 Å². The highest BCUT2D eigenvalue weighted by atomic mass is 35.5. The second-order valence-electron chi connectivity index (χ2n) is 3.86. The average molecular weight is 249 g/mol. The second-order valence-corrected chi connectivity index (χ2v) is 4.12. The molecular formula is C10H17ClN2O3. The van der Waals surface area contributed by atoms with E-state index in [0.29, 0.717) is 6.54 Å². The van der Waals surface area contributed by atoms with Crippen LogP contribution in [0.15, 0.2) is 0 Å². The van der Waals surface area contributed by atoms with Gasteiger partial charge in [0.1, 0.15) is 5.88 Å². The molecule has 1 rings (SSSR count). The van der Waals surface area contributed by atoms with Crippen molar-refractivity contribution in [1.29, 1.82) is 0 Å². The molecule has 0 aromatic heterocycles. The Kier molecular flexibility index (Phi) is 5.55.